The molecule has 0 bridgehead atoms. The van der Waals surface area contributed by atoms with E-state index in [0.717, 1.165) is 5.06 Å². The highest BCUT2D eigenvalue weighted by atomic mass is 32.2. The van der Waals surface area contributed by atoms with Gasteiger partial charge < -0.3 is 9.94 Å². The Morgan fingerprint density at radius 1 is 1.39 bits per heavy atom. The largest absolute Gasteiger partial charge is 0.479 e. The van der Waals surface area contributed by atoms with Crippen LogP contribution in [0.1, 0.15) is 6.42 Å². The molecule has 0 spiro atoms. The third kappa shape index (κ3) is 1.55. The zero-order valence-electron chi connectivity index (χ0n) is 9.74. The summed E-state index contributed by atoms with van der Waals surface area (Å²) in [6.45, 7) is 0.273. The van der Waals surface area contributed by atoms with Crippen molar-refractivity contribution in [2.45, 2.75) is 16.2 Å². The average Bonchev–Trinajstić information content (AvgIpc) is 2.29. The molecule has 18 heavy (non-hydrogen) atoms. The molecule has 6 nitrogen and oxygen atoms in total. The number of hydrogen-bond donors (Lipinski definition) is 1. The monoisotopic (exact) mass is 271 g/mol. The van der Waals surface area contributed by atoms with Crippen LogP contribution in [0.25, 0.3) is 0 Å². The summed E-state index contributed by atoms with van der Waals surface area (Å²) in [7, 11) is -2.76. The predicted molar refractivity (Wildman–Crippen MR) is 62.3 cm³/mol. The highest BCUT2D eigenvalue weighted by Gasteiger charge is 2.63. The third-order valence-electron chi connectivity index (χ3n) is 3.11. The Bertz CT molecular complexity index is 554. The number of benzene rings is 1. The van der Waals surface area contributed by atoms with E-state index in [4.69, 9.17) is 4.84 Å². The maximum atomic E-state index is 12.4. The SMILES string of the molecule is CON1CC[C@]1(C(=O)O)S(=O)(=O)c1ccccc1. The number of carboxylic acid groups (broad SMARTS) is 1. The van der Waals surface area contributed by atoms with Crippen molar-refractivity contribution in [2.75, 3.05) is 13.7 Å². The number of aliphatic carboxylic acids is 1. The van der Waals surface area contributed by atoms with E-state index in [9.17, 15) is 18.3 Å². The molecule has 0 saturated carbocycles. The fraction of sp³-hybridized carbons (Fsp3) is 0.364. The van der Waals surface area contributed by atoms with Gasteiger partial charge in [0.25, 0.3) is 0 Å². The quantitative estimate of drug-likeness (QED) is 0.859. The van der Waals surface area contributed by atoms with E-state index >= 15 is 0 Å². The number of rotatable bonds is 4. The first kappa shape index (κ1) is 13.0. The molecular weight excluding hydrogens is 258 g/mol. The highest BCUT2D eigenvalue weighted by molar-refractivity contribution is 7.93. The standard InChI is InChI=1S/C11H13NO5S/c1-17-12-8-7-11(12,10(13)14)18(15,16)9-5-3-2-4-6-9/h2-6H,7-8H2,1H3,(H,13,14)/t11-/m1/s1. The number of carbonyl (C=O) groups is 1. The van der Waals surface area contributed by atoms with Crippen LogP contribution in [0.2, 0.25) is 0 Å². The molecule has 1 fully saturated rings. The Kier molecular flexibility index (Phi) is 3.14. The molecule has 0 aromatic heterocycles. The van der Waals surface area contributed by atoms with Gasteiger partial charge in [0.1, 0.15) is 0 Å². The molecule has 1 aliphatic heterocycles. The van der Waals surface area contributed by atoms with Crippen molar-refractivity contribution in [1.82, 2.24) is 5.06 Å². The minimum Gasteiger partial charge on any atom is -0.479 e. The Balaban J connectivity index is 2.55. The van der Waals surface area contributed by atoms with Gasteiger partial charge >= 0.3 is 5.97 Å². The van der Waals surface area contributed by atoms with Crippen molar-refractivity contribution >= 4 is 15.8 Å². The topological polar surface area (TPSA) is 83.9 Å². The minimum atomic E-state index is -4.02. The molecule has 1 heterocycles. The van der Waals surface area contributed by atoms with Crippen LogP contribution >= 0.6 is 0 Å². The van der Waals surface area contributed by atoms with Crippen molar-refractivity contribution in [3.8, 4) is 0 Å². The van der Waals surface area contributed by atoms with E-state index in [2.05, 4.69) is 0 Å². The molecule has 2 rings (SSSR count). The fourth-order valence-electron chi connectivity index (χ4n) is 2.04. The van der Waals surface area contributed by atoms with E-state index < -0.39 is 20.7 Å². The second kappa shape index (κ2) is 4.34. The maximum absolute atomic E-state index is 12.4. The van der Waals surface area contributed by atoms with Crippen LogP contribution in [-0.2, 0) is 19.5 Å². The summed E-state index contributed by atoms with van der Waals surface area (Å²) in [6, 6.07) is 7.54. The van der Waals surface area contributed by atoms with Gasteiger partial charge in [-0.05, 0) is 12.1 Å². The molecule has 7 heteroatoms. The summed E-state index contributed by atoms with van der Waals surface area (Å²) >= 11 is 0. The van der Waals surface area contributed by atoms with E-state index in [0.29, 0.717) is 0 Å². The summed E-state index contributed by atoms with van der Waals surface area (Å²) in [5.74, 6) is -1.42. The maximum Gasteiger partial charge on any atom is 0.342 e. The lowest BCUT2D eigenvalue weighted by molar-refractivity contribution is -0.233. The van der Waals surface area contributed by atoms with Gasteiger partial charge in [0.05, 0.1) is 12.0 Å². The van der Waals surface area contributed by atoms with Gasteiger partial charge in [-0.15, -0.1) is 0 Å². The van der Waals surface area contributed by atoms with Crippen molar-refractivity contribution < 1.29 is 23.2 Å². The molecule has 0 radical (unpaired) electrons. The first-order valence-electron chi connectivity index (χ1n) is 5.31. The van der Waals surface area contributed by atoms with Crippen LogP contribution in [0, 0.1) is 0 Å². The lowest BCUT2D eigenvalue weighted by atomic mass is 10.1. The van der Waals surface area contributed by atoms with Crippen molar-refractivity contribution in [2.24, 2.45) is 0 Å². The molecule has 0 aliphatic carbocycles. The Hall–Kier alpha value is -1.44. The molecule has 1 atom stereocenters. The predicted octanol–water partition coefficient (Wildman–Crippen LogP) is 0.508. The number of nitrogens with zero attached hydrogens (tertiary/aromatic N) is 1. The van der Waals surface area contributed by atoms with Gasteiger partial charge in [-0.2, -0.15) is 5.06 Å². The van der Waals surface area contributed by atoms with Gasteiger partial charge in [-0.1, -0.05) is 18.2 Å². The minimum absolute atomic E-state index is 0.00734. The summed E-state index contributed by atoms with van der Waals surface area (Å²) in [6.07, 6.45) is 0.00734. The van der Waals surface area contributed by atoms with E-state index in [1.807, 2.05) is 0 Å². The zero-order valence-corrected chi connectivity index (χ0v) is 10.6. The summed E-state index contributed by atoms with van der Waals surface area (Å²) in [5, 5.41) is 10.3. The lowest BCUT2D eigenvalue weighted by Gasteiger charge is -2.45. The summed E-state index contributed by atoms with van der Waals surface area (Å²) in [4.78, 5) is 14.2. The second-order valence-electron chi connectivity index (χ2n) is 3.94. The molecule has 98 valence electrons. The number of hydrogen-bond acceptors (Lipinski definition) is 5. The van der Waals surface area contributed by atoms with Gasteiger partial charge in [-0.3, -0.25) is 0 Å². The molecule has 1 aliphatic rings. The highest BCUT2D eigenvalue weighted by Crippen LogP contribution is 2.40. The normalized spacial score (nSPS) is 24.5. The van der Waals surface area contributed by atoms with Crippen LogP contribution in [0.5, 0.6) is 0 Å². The van der Waals surface area contributed by atoms with Crippen LogP contribution in [-0.4, -0.2) is 43.1 Å². The Labute approximate surface area is 105 Å². The van der Waals surface area contributed by atoms with Crippen LogP contribution in [0.4, 0.5) is 0 Å². The van der Waals surface area contributed by atoms with E-state index in [1.165, 1.54) is 19.2 Å². The Morgan fingerprint density at radius 2 is 2.00 bits per heavy atom. The first-order valence-corrected chi connectivity index (χ1v) is 6.80. The van der Waals surface area contributed by atoms with Crippen LogP contribution in [0.15, 0.2) is 35.2 Å². The molecule has 1 aromatic carbocycles. The van der Waals surface area contributed by atoms with Gasteiger partial charge in [0.15, 0.2) is 0 Å². The number of hydroxylamine groups is 2. The fourth-order valence-corrected chi connectivity index (χ4v) is 3.97. The van der Waals surface area contributed by atoms with Crippen molar-refractivity contribution in [1.29, 1.82) is 0 Å². The third-order valence-corrected chi connectivity index (χ3v) is 5.47. The molecule has 1 N–H and O–H groups in total. The van der Waals surface area contributed by atoms with Gasteiger partial charge in [-0.25, -0.2) is 13.2 Å². The van der Waals surface area contributed by atoms with Crippen LogP contribution < -0.4 is 0 Å². The molecular formula is C11H13NO5S. The van der Waals surface area contributed by atoms with Crippen LogP contribution in [0.3, 0.4) is 0 Å². The Morgan fingerprint density at radius 3 is 2.39 bits per heavy atom. The van der Waals surface area contributed by atoms with E-state index in [-0.39, 0.29) is 17.9 Å². The smallest absolute Gasteiger partial charge is 0.342 e. The average molecular weight is 271 g/mol. The van der Waals surface area contributed by atoms with Gasteiger partial charge in [0, 0.05) is 13.0 Å². The van der Waals surface area contributed by atoms with Crippen molar-refractivity contribution in [3.05, 3.63) is 30.3 Å². The van der Waals surface area contributed by atoms with Crippen molar-refractivity contribution in [3.63, 3.8) is 0 Å². The molecule has 1 saturated heterocycles. The van der Waals surface area contributed by atoms with E-state index in [1.54, 1.807) is 18.2 Å². The molecule has 1 aromatic rings. The summed E-state index contributed by atoms with van der Waals surface area (Å²) in [5.41, 5.74) is 0. The zero-order chi connectivity index (χ0) is 13.4. The number of sulfone groups is 1. The lowest BCUT2D eigenvalue weighted by Crippen LogP contribution is -2.68. The van der Waals surface area contributed by atoms with Gasteiger partial charge in [0.2, 0.25) is 14.7 Å². The second-order valence-corrected chi connectivity index (χ2v) is 6.09. The number of carboxylic acids is 1. The first-order chi connectivity index (χ1) is 8.46. The molecule has 0 amide bonds. The summed E-state index contributed by atoms with van der Waals surface area (Å²) < 4.78 is 24.9. The molecule has 0 unspecified atom stereocenters.